The van der Waals surface area contributed by atoms with Gasteiger partial charge in [0, 0.05) is 36.6 Å². The number of pyridine rings is 1. The Labute approximate surface area is 121 Å². The summed E-state index contributed by atoms with van der Waals surface area (Å²) < 4.78 is 10.0. The Bertz CT molecular complexity index is 629. The molecular formula is C14H15N3O4. The predicted molar refractivity (Wildman–Crippen MR) is 77.8 cm³/mol. The summed E-state index contributed by atoms with van der Waals surface area (Å²) in [5, 5.41) is 14.0. The third kappa shape index (κ3) is 3.59. The van der Waals surface area contributed by atoms with Gasteiger partial charge in [0.05, 0.1) is 19.1 Å². The second kappa shape index (κ2) is 6.56. The molecule has 0 aliphatic heterocycles. The van der Waals surface area contributed by atoms with Gasteiger partial charge in [-0.25, -0.2) is 4.98 Å². The van der Waals surface area contributed by atoms with Crippen molar-refractivity contribution in [2.24, 2.45) is 0 Å². The number of ether oxygens (including phenoxy) is 2. The molecule has 1 N–H and O–H groups in total. The third-order valence-electron chi connectivity index (χ3n) is 2.88. The molecule has 0 saturated heterocycles. The van der Waals surface area contributed by atoms with Crippen LogP contribution in [0.4, 0.5) is 11.4 Å². The zero-order valence-corrected chi connectivity index (χ0v) is 11.7. The van der Waals surface area contributed by atoms with E-state index in [2.05, 4.69) is 10.3 Å². The molecule has 1 heterocycles. The first kappa shape index (κ1) is 14.6. The molecule has 1 aromatic carbocycles. The average Bonchev–Trinajstić information content (AvgIpc) is 2.52. The second-order valence-electron chi connectivity index (χ2n) is 4.21. The number of rotatable bonds is 6. The molecule has 0 aliphatic carbocycles. The highest BCUT2D eigenvalue weighted by molar-refractivity contribution is 5.58. The van der Waals surface area contributed by atoms with Crippen LogP contribution in [0.5, 0.6) is 11.6 Å². The number of hydrogen-bond donors (Lipinski definition) is 1. The van der Waals surface area contributed by atoms with Crippen LogP contribution in [0.15, 0.2) is 36.5 Å². The van der Waals surface area contributed by atoms with E-state index in [-0.39, 0.29) is 11.4 Å². The SMILES string of the molecule is COc1ccc(CNc2ccc([N+](=O)[O-])c(OC)c2)cn1. The summed E-state index contributed by atoms with van der Waals surface area (Å²) in [6.07, 6.45) is 1.70. The lowest BCUT2D eigenvalue weighted by molar-refractivity contribution is -0.385. The minimum absolute atomic E-state index is 0.0610. The van der Waals surface area contributed by atoms with Crippen LogP contribution in [0.1, 0.15) is 5.56 Å². The monoisotopic (exact) mass is 289 g/mol. The van der Waals surface area contributed by atoms with Gasteiger partial charge in [-0.3, -0.25) is 10.1 Å². The maximum absolute atomic E-state index is 10.8. The van der Waals surface area contributed by atoms with Crippen LogP contribution in [-0.2, 0) is 6.54 Å². The molecule has 0 radical (unpaired) electrons. The lowest BCUT2D eigenvalue weighted by atomic mass is 10.2. The fraction of sp³-hybridized carbons (Fsp3) is 0.214. The molecule has 2 rings (SSSR count). The zero-order chi connectivity index (χ0) is 15.2. The standard InChI is InChI=1S/C14H15N3O4/c1-20-13-7-11(4-5-12(13)17(18)19)15-8-10-3-6-14(21-2)16-9-10/h3-7,9,15H,8H2,1-2H3. The quantitative estimate of drug-likeness (QED) is 0.649. The van der Waals surface area contributed by atoms with Crippen molar-refractivity contribution in [2.75, 3.05) is 19.5 Å². The fourth-order valence-corrected chi connectivity index (χ4v) is 1.78. The van der Waals surface area contributed by atoms with Crippen molar-refractivity contribution in [2.45, 2.75) is 6.54 Å². The zero-order valence-electron chi connectivity index (χ0n) is 11.7. The summed E-state index contributed by atoms with van der Waals surface area (Å²) in [5.74, 6) is 0.772. The van der Waals surface area contributed by atoms with Crippen molar-refractivity contribution in [1.29, 1.82) is 0 Å². The van der Waals surface area contributed by atoms with Crippen molar-refractivity contribution in [3.63, 3.8) is 0 Å². The average molecular weight is 289 g/mol. The van der Waals surface area contributed by atoms with Gasteiger partial charge in [0.25, 0.3) is 0 Å². The van der Waals surface area contributed by atoms with Gasteiger partial charge in [-0.15, -0.1) is 0 Å². The Morgan fingerprint density at radius 2 is 2.05 bits per heavy atom. The third-order valence-corrected chi connectivity index (χ3v) is 2.88. The normalized spacial score (nSPS) is 10.0. The van der Waals surface area contributed by atoms with E-state index in [9.17, 15) is 10.1 Å². The maximum atomic E-state index is 10.8. The van der Waals surface area contributed by atoms with Gasteiger partial charge in [0.1, 0.15) is 0 Å². The molecule has 7 nitrogen and oxygen atoms in total. The predicted octanol–water partition coefficient (Wildman–Crippen LogP) is 2.62. The summed E-state index contributed by atoms with van der Waals surface area (Å²) in [6.45, 7) is 0.540. The minimum atomic E-state index is -0.476. The summed E-state index contributed by atoms with van der Waals surface area (Å²) in [6, 6.07) is 8.30. The molecule has 0 bridgehead atoms. The Morgan fingerprint density at radius 3 is 2.62 bits per heavy atom. The molecule has 0 unspecified atom stereocenters. The molecule has 0 saturated carbocycles. The molecule has 0 atom stereocenters. The second-order valence-corrected chi connectivity index (χ2v) is 4.21. The summed E-state index contributed by atoms with van der Waals surface area (Å²) in [4.78, 5) is 14.4. The number of nitrogens with one attached hydrogen (secondary N) is 1. The molecule has 1 aromatic heterocycles. The molecule has 0 spiro atoms. The van der Waals surface area contributed by atoms with E-state index in [0.29, 0.717) is 12.4 Å². The highest BCUT2D eigenvalue weighted by Crippen LogP contribution is 2.29. The van der Waals surface area contributed by atoms with E-state index >= 15 is 0 Å². The van der Waals surface area contributed by atoms with E-state index in [0.717, 1.165) is 11.3 Å². The molecule has 0 aliphatic rings. The fourth-order valence-electron chi connectivity index (χ4n) is 1.78. The maximum Gasteiger partial charge on any atom is 0.311 e. The van der Waals surface area contributed by atoms with Gasteiger partial charge in [-0.05, 0) is 11.6 Å². The van der Waals surface area contributed by atoms with Gasteiger partial charge >= 0.3 is 5.69 Å². The van der Waals surface area contributed by atoms with Crippen LogP contribution < -0.4 is 14.8 Å². The van der Waals surface area contributed by atoms with Gasteiger partial charge in [0.15, 0.2) is 5.75 Å². The number of methoxy groups -OCH3 is 2. The van der Waals surface area contributed by atoms with E-state index in [1.165, 1.54) is 13.2 Å². The number of benzene rings is 1. The number of aromatic nitrogens is 1. The molecule has 0 amide bonds. The van der Waals surface area contributed by atoms with E-state index in [4.69, 9.17) is 9.47 Å². The Hall–Kier alpha value is -2.83. The Kier molecular flexibility index (Phi) is 4.55. The van der Waals surface area contributed by atoms with Gasteiger partial charge < -0.3 is 14.8 Å². The largest absolute Gasteiger partial charge is 0.490 e. The van der Waals surface area contributed by atoms with Gasteiger partial charge in [-0.1, -0.05) is 6.07 Å². The Balaban J connectivity index is 2.07. The molecule has 110 valence electrons. The van der Waals surface area contributed by atoms with Gasteiger partial charge in [-0.2, -0.15) is 0 Å². The highest BCUT2D eigenvalue weighted by Gasteiger charge is 2.14. The van der Waals surface area contributed by atoms with Crippen molar-refractivity contribution in [3.05, 3.63) is 52.2 Å². The van der Waals surface area contributed by atoms with Gasteiger partial charge in [0.2, 0.25) is 5.88 Å². The lowest BCUT2D eigenvalue weighted by Gasteiger charge is -2.08. The topological polar surface area (TPSA) is 86.5 Å². The first-order chi connectivity index (χ1) is 10.1. The molecular weight excluding hydrogens is 274 g/mol. The number of nitro benzene ring substituents is 1. The molecule has 0 fully saturated rings. The van der Waals surface area contributed by atoms with Crippen LogP contribution in [0, 0.1) is 10.1 Å². The van der Waals surface area contributed by atoms with Crippen molar-refractivity contribution >= 4 is 11.4 Å². The molecule has 2 aromatic rings. The summed E-state index contributed by atoms with van der Waals surface area (Å²) in [7, 11) is 2.96. The molecule has 21 heavy (non-hydrogen) atoms. The number of nitro groups is 1. The number of hydrogen-bond acceptors (Lipinski definition) is 6. The van der Waals surface area contributed by atoms with Crippen LogP contribution in [0.2, 0.25) is 0 Å². The Morgan fingerprint density at radius 1 is 1.24 bits per heavy atom. The van der Waals surface area contributed by atoms with Crippen LogP contribution >= 0.6 is 0 Å². The lowest BCUT2D eigenvalue weighted by Crippen LogP contribution is -2.01. The van der Waals surface area contributed by atoms with Crippen LogP contribution in [0.25, 0.3) is 0 Å². The van der Waals surface area contributed by atoms with E-state index in [1.807, 2.05) is 6.07 Å². The summed E-state index contributed by atoms with van der Waals surface area (Å²) in [5.41, 5.74) is 1.63. The number of nitrogens with zero attached hydrogens (tertiary/aromatic N) is 2. The highest BCUT2D eigenvalue weighted by atomic mass is 16.6. The molecule has 7 heteroatoms. The van der Waals surface area contributed by atoms with Crippen LogP contribution in [0.3, 0.4) is 0 Å². The van der Waals surface area contributed by atoms with E-state index < -0.39 is 4.92 Å². The summed E-state index contributed by atoms with van der Waals surface area (Å²) >= 11 is 0. The van der Waals surface area contributed by atoms with Crippen molar-refractivity contribution < 1.29 is 14.4 Å². The first-order valence-corrected chi connectivity index (χ1v) is 6.19. The minimum Gasteiger partial charge on any atom is -0.490 e. The number of anilines is 1. The smallest absolute Gasteiger partial charge is 0.311 e. The van der Waals surface area contributed by atoms with Crippen LogP contribution in [-0.4, -0.2) is 24.1 Å². The first-order valence-electron chi connectivity index (χ1n) is 6.19. The van der Waals surface area contributed by atoms with Crippen molar-refractivity contribution in [3.8, 4) is 11.6 Å². The van der Waals surface area contributed by atoms with E-state index in [1.54, 1.807) is 31.5 Å². The van der Waals surface area contributed by atoms with Crippen molar-refractivity contribution in [1.82, 2.24) is 4.98 Å².